The Morgan fingerprint density at radius 2 is 2.06 bits per heavy atom. The van der Waals surface area contributed by atoms with Crippen LogP contribution in [0.25, 0.3) is 0 Å². The maximum atomic E-state index is 9.15. The summed E-state index contributed by atoms with van der Waals surface area (Å²) in [5, 5.41) is 9.15. The largest absolute Gasteiger partial charge is 0.396 e. The van der Waals surface area contributed by atoms with Crippen LogP contribution in [0.4, 0.5) is 0 Å². The highest BCUT2D eigenvalue weighted by Crippen LogP contribution is 2.36. The molecule has 0 bridgehead atoms. The molecule has 1 aromatic heterocycles. The second kappa shape index (κ2) is 6.12. The lowest BCUT2D eigenvalue weighted by molar-refractivity contribution is 0.157. The predicted molar refractivity (Wildman–Crippen MR) is 68.6 cm³/mol. The first-order valence-electron chi connectivity index (χ1n) is 6.57. The normalized spacial score (nSPS) is 26.7. The van der Waals surface area contributed by atoms with E-state index in [2.05, 4.69) is 11.1 Å². The molecule has 1 aliphatic carbocycles. The van der Waals surface area contributed by atoms with Crippen molar-refractivity contribution in [2.24, 2.45) is 17.6 Å². The van der Waals surface area contributed by atoms with Gasteiger partial charge in [0, 0.05) is 31.0 Å². The lowest BCUT2D eigenvalue weighted by Gasteiger charge is -2.32. The van der Waals surface area contributed by atoms with Crippen molar-refractivity contribution in [3.63, 3.8) is 0 Å². The van der Waals surface area contributed by atoms with Gasteiger partial charge in [0.1, 0.15) is 0 Å². The minimum atomic E-state index is 0.337. The van der Waals surface area contributed by atoms with E-state index in [9.17, 15) is 0 Å². The lowest BCUT2D eigenvalue weighted by atomic mass is 9.75. The van der Waals surface area contributed by atoms with E-state index < -0.39 is 0 Å². The van der Waals surface area contributed by atoms with Gasteiger partial charge in [0.25, 0.3) is 0 Å². The van der Waals surface area contributed by atoms with Crippen molar-refractivity contribution in [3.05, 3.63) is 30.1 Å². The maximum absolute atomic E-state index is 9.15. The second-order valence-corrected chi connectivity index (χ2v) is 5.06. The predicted octanol–water partition coefficient (Wildman–Crippen LogP) is 1.92. The van der Waals surface area contributed by atoms with Gasteiger partial charge in [-0.15, -0.1) is 0 Å². The Kier molecular flexibility index (Phi) is 4.51. The average molecular weight is 234 g/mol. The van der Waals surface area contributed by atoms with Crippen LogP contribution in [0.2, 0.25) is 0 Å². The molecule has 0 amide bonds. The fraction of sp³-hybridized carbons (Fsp3) is 0.643. The van der Waals surface area contributed by atoms with Gasteiger partial charge in [-0.25, -0.2) is 0 Å². The van der Waals surface area contributed by atoms with Gasteiger partial charge in [0.15, 0.2) is 0 Å². The summed E-state index contributed by atoms with van der Waals surface area (Å²) < 4.78 is 0. The molecular formula is C14H22N2O. The third kappa shape index (κ3) is 3.05. The summed E-state index contributed by atoms with van der Waals surface area (Å²) in [5.41, 5.74) is 7.04. The van der Waals surface area contributed by atoms with Crippen LogP contribution in [-0.4, -0.2) is 23.2 Å². The Labute approximate surface area is 103 Å². The summed E-state index contributed by atoms with van der Waals surface area (Å²) in [4.78, 5) is 4.43. The SMILES string of the molecule is NCC(c1ccccn1)C1CCC(CO)CC1. The molecule has 3 N–H and O–H groups in total. The molecular weight excluding hydrogens is 212 g/mol. The van der Waals surface area contributed by atoms with Crippen LogP contribution in [0.5, 0.6) is 0 Å². The number of aliphatic hydroxyl groups is 1. The van der Waals surface area contributed by atoms with E-state index in [0.717, 1.165) is 18.5 Å². The zero-order chi connectivity index (χ0) is 12.1. The molecule has 94 valence electrons. The van der Waals surface area contributed by atoms with Gasteiger partial charge >= 0.3 is 0 Å². The van der Waals surface area contributed by atoms with E-state index in [-0.39, 0.29) is 0 Å². The number of hydrogen-bond donors (Lipinski definition) is 2. The molecule has 1 aliphatic rings. The van der Waals surface area contributed by atoms with Crippen LogP contribution in [0.15, 0.2) is 24.4 Å². The zero-order valence-electron chi connectivity index (χ0n) is 10.3. The van der Waals surface area contributed by atoms with Gasteiger partial charge in [-0.3, -0.25) is 4.98 Å². The third-order valence-electron chi connectivity index (χ3n) is 4.04. The molecule has 3 nitrogen and oxygen atoms in total. The number of rotatable bonds is 4. The number of hydrogen-bond acceptors (Lipinski definition) is 3. The molecule has 1 aromatic rings. The summed E-state index contributed by atoms with van der Waals surface area (Å²) in [6, 6.07) is 6.06. The maximum Gasteiger partial charge on any atom is 0.0459 e. The molecule has 0 spiro atoms. The van der Waals surface area contributed by atoms with E-state index in [1.807, 2.05) is 18.3 Å². The van der Waals surface area contributed by atoms with Gasteiger partial charge in [0.05, 0.1) is 0 Å². The summed E-state index contributed by atoms with van der Waals surface area (Å²) in [7, 11) is 0. The first-order valence-corrected chi connectivity index (χ1v) is 6.57. The Morgan fingerprint density at radius 3 is 2.59 bits per heavy atom. The van der Waals surface area contributed by atoms with Crippen LogP contribution in [-0.2, 0) is 0 Å². The van der Waals surface area contributed by atoms with E-state index >= 15 is 0 Å². The van der Waals surface area contributed by atoms with Crippen molar-refractivity contribution in [1.82, 2.24) is 4.98 Å². The van der Waals surface area contributed by atoms with Crippen LogP contribution in [0, 0.1) is 11.8 Å². The smallest absolute Gasteiger partial charge is 0.0459 e. The lowest BCUT2D eigenvalue weighted by Crippen LogP contribution is -2.27. The van der Waals surface area contributed by atoms with Crippen molar-refractivity contribution >= 4 is 0 Å². The number of nitrogens with zero attached hydrogens (tertiary/aromatic N) is 1. The highest BCUT2D eigenvalue weighted by Gasteiger charge is 2.28. The molecule has 1 fully saturated rings. The molecule has 1 atom stereocenters. The van der Waals surface area contributed by atoms with Crippen molar-refractivity contribution in [2.75, 3.05) is 13.2 Å². The average Bonchev–Trinajstić information content (AvgIpc) is 2.42. The Bertz CT molecular complexity index is 320. The van der Waals surface area contributed by atoms with Crippen molar-refractivity contribution in [3.8, 4) is 0 Å². The quantitative estimate of drug-likeness (QED) is 0.836. The first kappa shape index (κ1) is 12.5. The van der Waals surface area contributed by atoms with E-state index in [1.54, 1.807) is 0 Å². The first-order chi connectivity index (χ1) is 8.35. The van der Waals surface area contributed by atoms with Gasteiger partial charge in [-0.2, -0.15) is 0 Å². The molecule has 1 saturated carbocycles. The Balaban J connectivity index is 2.00. The van der Waals surface area contributed by atoms with Crippen LogP contribution in [0.1, 0.15) is 37.3 Å². The third-order valence-corrected chi connectivity index (χ3v) is 4.04. The van der Waals surface area contributed by atoms with Crippen LogP contribution in [0.3, 0.4) is 0 Å². The highest BCUT2D eigenvalue weighted by molar-refractivity contribution is 5.11. The molecule has 0 radical (unpaired) electrons. The van der Waals surface area contributed by atoms with Gasteiger partial charge in [-0.05, 0) is 49.7 Å². The zero-order valence-corrected chi connectivity index (χ0v) is 10.3. The molecule has 2 rings (SSSR count). The van der Waals surface area contributed by atoms with Crippen LogP contribution < -0.4 is 5.73 Å². The summed E-state index contributed by atoms with van der Waals surface area (Å²) in [6.07, 6.45) is 6.44. The van der Waals surface area contributed by atoms with Crippen molar-refractivity contribution in [1.29, 1.82) is 0 Å². The standard InChI is InChI=1S/C14H22N2O/c15-9-13(14-3-1-2-8-16-14)12-6-4-11(10-17)5-7-12/h1-3,8,11-13,17H,4-7,9-10,15H2. The van der Waals surface area contributed by atoms with Gasteiger partial charge in [-0.1, -0.05) is 6.07 Å². The monoisotopic (exact) mass is 234 g/mol. The second-order valence-electron chi connectivity index (χ2n) is 5.06. The molecule has 3 heteroatoms. The van der Waals surface area contributed by atoms with Crippen LogP contribution >= 0.6 is 0 Å². The molecule has 17 heavy (non-hydrogen) atoms. The summed E-state index contributed by atoms with van der Waals surface area (Å²) in [6.45, 7) is 1.01. The van der Waals surface area contributed by atoms with Gasteiger partial charge in [0.2, 0.25) is 0 Å². The molecule has 0 saturated heterocycles. The number of pyridine rings is 1. The molecule has 0 aromatic carbocycles. The topological polar surface area (TPSA) is 59.1 Å². The van der Waals surface area contributed by atoms with Crippen molar-refractivity contribution < 1.29 is 5.11 Å². The Hall–Kier alpha value is -0.930. The number of aromatic nitrogens is 1. The fourth-order valence-electron chi connectivity index (χ4n) is 2.92. The van der Waals surface area contributed by atoms with Gasteiger partial charge < -0.3 is 10.8 Å². The Morgan fingerprint density at radius 1 is 1.29 bits per heavy atom. The van der Waals surface area contributed by atoms with Crippen molar-refractivity contribution in [2.45, 2.75) is 31.6 Å². The highest BCUT2D eigenvalue weighted by atomic mass is 16.3. The number of aliphatic hydroxyl groups excluding tert-OH is 1. The molecule has 0 aliphatic heterocycles. The molecule has 1 heterocycles. The molecule has 1 unspecified atom stereocenters. The summed E-state index contributed by atoms with van der Waals surface area (Å²) >= 11 is 0. The fourth-order valence-corrected chi connectivity index (χ4v) is 2.92. The minimum Gasteiger partial charge on any atom is -0.396 e. The van der Waals surface area contributed by atoms with E-state index in [1.165, 1.54) is 12.8 Å². The summed E-state index contributed by atoms with van der Waals surface area (Å²) in [5.74, 6) is 1.53. The minimum absolute atomic E-state index is 0.337. The van der Waals surface area contributed by atoms with E-state index in [0.29, 0.717) is 30.9 Å². The van der Waals surface area contributed by atoms with E-state index in [4.69, 9.17) is 10.8 Å². The number of nitrogens with two attached hydrogens (primary N) is 1.